The third kappa shape index (κ3) is 5.95. The Morgan fingerprint density at radius 2 is 1.53 bits per heavy atom. The van der Waals surface area contributed by atoms with Gasteiger partial charge < -0.3 is 29.4 Å². The van der Waals surface area contributed by atoms with Gasteiger partial charge in [-0.25, -0.2) is 15.1 Å². The van der Waals surface area contributed by atoms with Crippen LogP contribution in [0.4, 0.5) is 15.3 Å². The molecule has 3 atom stereocenters. The molecule has 38 heavy (non-hydrogen) atoms. The van der Waals surface area contributed by atoms with Gasteiger partial charge in [-0.15, -0.1) is 0 Å². The van der Waals surface area contributed by atoms with Gasteiger partial charge in [-0.2, -0.15) is 0 Å². The second-order valence-electron chi connectivity index (χ2n) is 10.2. The molecule has 3 fully saturated rings. The van der Waals surface area contributed by atoms with Crippen LogP contribution >= 0.6 is 0 Å². The highest BCUT2D eigenvalue weighted by atomic mass is 16.6. The van der Waals surface area contributed by atoms with Crippen LogP contribution in [0.5, 0.6) is 0 Å². The number of nitrogens with zero attached hydrogens (tertiary/aromatic N) is 4. The van der Waals surface area contributed by atoms with Crippen molar-refractivity contribution in [1.29, 1.82) is 0 Å². The molecule has 3 aliphatic rings. The first-order chi connectivity index (χ1) is 18.3. The number of benzene rings is 1. The molecule has 0 bridgehead atoms. The first-order valence-corrected chi connectivity index (χ1v) is 13.3. The number of piperazine rings is 2. The number of anilines is 1. The number of rotatable bonds is 5. The lowest BCUT2D eigenvalue weighted by molar-refractivity contribution is -0.153. The van der Waals surface area contributed by atoms with Crippen LogP contribution in [0.3, 0.4) is 0 Å². The number of carbonyl (C=O) groups excluding carboxylic acids is 3. The van der Waals surface area contributed by atoms with E-state index in [1.54, 1.807) is 10.4 Å². The van der Waals surface area contributed by atoms with Crippen LogP contribution in [0.1, 0.15) is 32.6 Å². The summed E-state index contributed by atoms with van der Waals surface area (Å²) in [7, 11) is 0. The number of amides is 4. The van der Waals surface area contributed by atoms with Gasteiger partial charge in [0.1, 0.15) is 5.60 Å². The Balaban J connectivity index is 1.39. The van der Waals surface area contributed by atoms with E-state index >= 15 is 0 Å². The molecule has 3 unspecified atom stereocenters. The third-order valence-electron chi connectivity index (χ3n) is 8.22. The van der Waals surface area contributed by atoms with Crippen molar-refractivity contribution in [3.63, 3.8) is 0 Å². The van der Waals surface area contributed by atoms with Crippen molar-refractivity contribution in [2.24, 2.45) is 11.8 Å². The largest absolute Gasteiger partial charge is 0.465 e. The number of carbonyl (C=O) groups is 4. The highest BCUT2D eigenvalue weighted by molar-refractivity contribution is 5.88. The van der Waals surface area contributed by atoms with Crippen molar-refractivity contribution in [1.82, 2.24) is 20.2 Å². The van der Waals surface area contributed by atoms with Crippen molar-refractivity contribution < 1.29 is 34.2 Å². The van der Waals surface area contributed by atoms with Gasteiger partial charge in [0.05, 0.1) is 11.8 Å². The molecule has 1 saturated carbocycles. The Bertz CT molecular complexity index is 1010. The van der Waals surface area contributed by atoms with E-state index in [1.807, 2.05) is 37.3 Å². The van der Waals surface area contributed by atoms with Gasteiger partial charge in [-0.1, -0.05) is 25.1 Å². The molecule has 0 aromatic heterocycles. The molecule has 4 amide bonds. The Morgan fingerprint density at radius 1 is 0.921 bits per heavy atom. The summed E-state index contributed by atoms with van der Waals surface area (Å²) in [6.45, 7) is 5.16. The fraction of sp³-hybridized carbons (Fsp3) is 0.615. The van der Waals surface area contributed by atoms with E-state index in [0.29, 0.717) is 45.4 Å². The maximum Gasteiger partial charge on any atom is 0.410 e. The molecule has 0 radical (unpaired) electrons. The highest BCUT2D eigenvalue weighted by Gasteiger charge is 2.49. The Labute approximate surface area is 222 Å². The third-order valence-corrected chi connectivity index (χ3v) is 8.22. The molecule has 12 heteroatoms. The predicted molar refractivity (Wildman–Crippen MR) is 137 cm³/mol. The summed E-state index contributed by atoms with van der Waals surface area (Å²) in [6.07, 6.45) is -0.243. The van der Waals surface area contributed by atoms with E-state index in [-0.39, 0.29) is 38.5 Å². The Kier molecular flexibility index (Phi) is 8.60. The molecule has 1 aromatic rings. The second kappa shape index (κ2) is 11.9. The summed E-state index contributed by atoms with van der Waals surface area (Å²) in [5, 5.41) is 18.6. The zero-order valence-corrected chi connectivity index (χ0v) is 21.8. The molecule has 2 aliphatic heterocycles. The normalized spacial score (nSPS) is 26.1. The first-order valence-electron chi connectivity index (χ1n) is 13.3. The molecular formula is C26H37N5O7. The van der Waals surface area contributed by atoms with E-state index in [2.05, 4.69) is 4.90 Å². The molecule has 0 spiro atoms. The van der Waals surface area contributed by atoms with Gasteiger partial charge in [0.2, 0.25) is 11.8 Å². The second-order valence-corrected chi connectivity index (χ2v) is 10.2. The zero-order chi connectivity index (χ0) is 27.3. The number of hydrogen-bond acceptors (Lipinski definition) is 7. The van der Waals surface area contributed by atoms with Gasteiger partial charge in [0.25, 0.3) is 0 Å². The topological polar surface area (TPSA) is 143 Å². The summed E-state index contributed by atoms with van der Waals surface area (Å²) < 4.78 is 5.95. The SMILES string of the molecule is CCC1(OC(=O)N2CCN(C(=O)O)CC2)CCC(C(=O)N2CCN(c3ccccc3)CC2)C(C(=O)NO)C1. The van der Waals surface area contributed by atoms with Crippen LogP contribution in [0.25, 0.3) is 0 Å². The van der Waals surface area contributed by atoms with E-state index in [0.717, 1.165) is 5.69 Å². The number of carboxylic acid groups (broad SMARTS) is 1. The van der Waals surface area contributed by atoms with Crippen LogP contribution < -0.4 is 10.4 Å². The van der Waals surface area contributed by atoms with E-state index < -0.39 is 35.5 Å². The quantitative estimate of drug-likeness (QED) is 0.386. The monoisotopic (exact) mass is 531 g/mol. The van der Waals surface area contributed by atoms with Crippen molar-refractivity contribution in [3.05, 3.63) is 30.3 Å². The summed E-state index contributed by atoms with van der Waals surface area (Å²) in [6, 6.07) is 10.0. The number of ether oxygens (including phenoxy) is 1. The molecular weight excluding hydrogens is 494 g/mol. The van der Waals surface area contributed by atoms with Crippen LogP contribution in [0.15, 0.2) is 30.3 Å². The highest BCUT2D eigenvalue weighted by Crippen LogP contribution is 2.42. The molecule has 3 N–H and O–H groups in total. The van der Waals surface area contributed by atoms with Crippen molar-refractivity contribution in [3.8, 4) is 0 Å². The summed E-state index contributed by atoms with van der Waals surface area (Å²) in [5.74, 6) is -2.24. The van der Waals surface area contributed by atoms with Crippen molar-refractivity contribution >= 4 is 29.7 Å². The maximum atomic E-state index is 13.6. The average Bonchev–Trinajstić information content (AvgIpc) is 2.97. The van der Waals surface area contributed by atoms with E-state index in [4.69, 9.17) is 9.84 Å². The van der Waals surface area contributed by atoms with Crippen LogP contribution in [0, 0.1) is 11.8 Å². The molecule has 208 valence electrons. The lowest BCUT2D eigenvalue weighted by Crippen LogP contribution is -2.56. The van der Waals surface area contributed by atoms with Gasteiger partial charge in [-0.3, -0.25) is 14.8 Å². The molecule has 4 rings (SSSR count). The lowest BCUT2D eigenvalue weighted by Gasteiger charge is -2.45. The van der Waals surface area contributed by atoms with Gasteiger partial charge in [0.15, 0.2) is 0 Å². The minimum atomic E-state index is -1.02. The number of nitrogens with one attached hydrogen (secondary N) is 1. The van der Waals surface area contributed by atoms with Crippen molar-refractivity contribution in [2.45, 2.75) is 38.2 Å². The molecule has 12 nitrogen and oxygen atoms in total. The molecule has 1 aromatic carbocycles. The Morgan fingerprint density at radius 3 is 2.11 bits per heavy atom. The van der Waals surface area contributed by atoms with E-state index in [1.165, 1.54) is 9.80 Å². The lowest BCUT2D eigenvalue weighted by atomic mass is 9.69. The fourth-order valence-electron chi connectivity index (χ4n) is 5.79. The number of hydroxylamine groups is 1. The van der Waals surface area contributed by atoms with Crippen LogP contribution in [-0.2, 0) is 14.3 Å². The summed E-state index contributed by atoms with van der Waals surface area (Å²) >= 11 is 0. The maximum absolute atomic E-state index is 13.6. The molecule has 1 aliphatic carbocycles. The van der Waals surface area contributed by atoms with Crippen molar-refractivity contribution in [2.75, 3.05) is 57.3 Å². The molecule has 2 saturated heterocycles. The minimum absolute atomic E-state index is 0.118. The van der Waals surface area contributed by atoms with Gasteiger partial charge in [-0.05, 0) is 37.8 Å². The van der Waals surface area contributed by atoms with E-state index in [9.17, 15) is 24.4 Å². The standard InChI is InChI=1S/C26H37N5O7/c1-2-26(38-25(36)31-16-14-30(15-17-31)24(34)35)9-8-20(21(18-26)22(32)27-37)23(33)29-12-10-28(11-13-29)19-6-4-3-5-7-19/h3-7,20-21,37H,2,8-18H2,1H3,(H,27,32)(H,34,35). The van der Waals surface area contributed by atoms with Gasteiger partial charge >= 0.3 is 12.2 Å². The zero-order valence-electron chi connectivity index (χ0n) is 21.8. The Hall–Kier alpha value is -3.54. The number of para-hydroxylation sites is 1. The minimum Gasteiger partial charge on any atom is -0.465 e. The first kappa shape index (κ1) is 27.5. The molecule has 2 heterocycles. The van der Waals surface area contributed by atoms with Crippen LogP contribution in [-0.4, -0.2) is 107 Å². The average molecular weight is 532 g/mol. The summed E-state index contributed by atoms with van der Waals surface area (Å²) in [4.78, 5) is 57.2. The smallest absolute Gasteiger partial charge is 0.410 e. The van der Waals surface area contributed by atoms with Gasteiger partial charge in [0, 0.05) is 58.0 Å². The fourth-order valence-corrected chi connectivity index (χ4v) is 5.79. The number of hydrogen-bond donors (Lipinski definition) is 3. The summed E-state index contributed by atoms with van der Waals surface area (Å²) in [5.41, 5.74) is 1.86. The predicted octanol–water partition coefficient (Wildman–Crippen LogP) is 1.84. The van der Waals surface area contributed by atoms with Crippen LogP contribution in [0.2, 0.25) is 0 Å².